The molecular weight excluding hydrogens is 374 g/mol. The lowest BCUT2D eigenvalue weighted by atomic mass is 10.0. The second kappa shape index (κ2) is 8.87. The molecular formula is C26H25NO3. The molecule has 2 heterocycles. The van der Waals surface area contributed by atoms with Gasteiger partial charge in [0.1, 0.15) is 5.75 Å². The number of ether oxygens (including phenoxy) is 2. The molecule has 4 nitrogen and oxygen atoms in total. The van der Waals surface area contributed by atoms with E-state index in [1.54, 1.807) is 12.1 Å². The van der Waals surface area contributed by atoms with Gasteiger partial charge in [-0.15, -0.1) is 0 Å². The van der Waals surface area contributed by atoms with Crippen LogP contribution in [0.4, 0.5) is 0 Å². The Morgan fingerprint density at radius 2 is 1.67 bits per heavy atom. The topological polar surface area (TPSA) is 39.9 Å². The number of aromatic nitrogens is 1. The van der Waals surface area contributed by atoms with Crippen molar-refractivity contribution >= 4 is 11.5 Å². The molecule has 0 N–H and O–H groups in total. The zero-order valence-corrected chi connectivity index (χ0v) is 17.3. The first-order valence-electron chi connectivity index (χ1n) is 10.3. The highest BCUT2D eigenvalue weighted by Gasteiger charge is 2.21. The predicted octanol–water partition coefficient (Wildman–Crippen LogP) is 6.53. The predicted molar refractivity (Wildman–Crippen MR) is 119 cm³/mol. The number of carbonyl (C=O) groups is 1. The Morgan fingerprint density at radius 3 is 2.37 bits per heavy atom. The molecule has 0 amide bonds. The molecule has 0 aliphatic heterocycles. The molecule has 30 heavy (non-hydrogen) atoms. The van der Waals surface area contributed by atoms with E-state index >= 15 is 0 Å². The Hall–Kier alpha value is -3.53. The lowest BCUT2D eigenvalue weighted by Crippen LogP contribution is -2.00. The van der Waals surface area contributed by atoms with Crippen LogP contribution in [0.25, 0.3) is 16.6 Å². The number of rotatable bonds is 7. The smallest absolute Gasteiger partial charge is 0.337 e. The van der Waals surface area contributed by atoms with Crippen LogP contribution < -0.4 is 4.74 Å². The summed E-state index contributed by atoms with van der Waals surface area (Å²) >= 11 is 0. The van der Waals surface area contributed by atoms with Crippen molar-refractivity contribution in [2.24, 2.45) is 0 Å². The number of hydrogen-bond donors (Lipinski definition) is 0. The van der Waals surface area contributed by atoms with Crippen molar-refractivity contribution in [3.63, 3.8) is 0 Å². The fourth-order valence-electron chi connectivity index (χ4n) is 3.73. The maximum Gasteiger partial charge on any atom is 0.337 e. The van der Waals surface area contributed by atoms with E-state index in [0.29, 0.717) is 5.56 Å². The summed E-state index contributed by atoms with van der Waals surface area (Å²) in [5.41, 5.74) is 4.85. The van der Waals surface area contributed by atoms with Gasteiger partial charge in [-0.25, -0.2) is 4.79 Å². The maximum atomic E-state index is 11.9. The summed E-state index contributed by atoms with van der Waals surface area (Å²) in [7, 11) is 1.39. The van der Waals surface area contributed by atoms with Crippen LogP contribution in [-0.4, -0.2) is 17.5 Å². The first-order chi connectivity index (χ1) is 14.7. The lowest BCUT2D eigenvalue weighted by molar-refractivity contribution is 0.0601. The molecule has 4 rings (SSSR count). The maximum absolute atomic E-state index is 11.9. The average molecular weight is 399 g/mol. The van der Waals surface area contributed by atoms with Crippen LogP contribution >= 0.6 is 0 Å². The van der Waals surface area contributed by atoms with Gasteiger partial charge in [0.25, 0.3) is 0 Å². The summed E-state index contributed by atoms with van der Waals surface area (Å²) in [4.78, 5) is 11.9. The highest BCUT2D eigenvalue weighted by molar-refractivity contribution is 5.91. The van der Waals surface area contributed by atoms with Crippen LogP contribution in [0.15, 0.2) is 79.0 Å². The summed E-state index contributed by atoms with van der Waals surface area (Å²) in [5, 5.41) is 0. The largest absolute Gasteiger partial charge is 0.465 e. The van der Waals surface area contributed by atoms with E-state index in [1.807, 2.05) is 54.6 Å². The highest BCUT2D eigenvalue weighted by atomic mass is 16.5. The second-order valence-electron chi connectivity index (χ2n) is 7.19. The Morgan fingerprint density at radius 1 is 0.933 bits per heavy atom. The number of fused-ring (bicyclic) bond motifs is 1. The Balaban J connectivity index is 1.90. The zero-order chi connectivity index (χ0) is 20.9. The van der Waals surface area contributed by atoms with E-state index in [2.05, 4.69) is 23.6 Å². The minimum absolute atomic E-state index is 0.337. The quantitative estimate of drug-likeness (QED) is 0.332. The molecule has 2 aromatic carbocycles. The molecule has 4 aromatic rings. The number of hydrogen-bond acceptors (Lipinski definition) is 3. The van der Waals surface area contributed by atoms with Gasteiger partial charge in [0, 0.05) is 17.5 Å². The molecule has 0 unspecified atom stereocenters. The molecule has 0 saturated carbocycles. The standard InChI is InChI=1S/C26H25NO3/c1-3-4-12-22-24(19-14-16-20(17-15-19)26(28)29-2)25(23-13-8-9-18-27(22)23)30-21-10-6-5-7-11-21/h5-11,13-18H,3-4,12H2,1-2H3. The van der Waals surface area contributed by atoms with E-state index in [9.17, 15) is 4.79 Å². The van der Waals surface area contributed by atoms with Gasteiger partial charge in [0.05, 0.1) is 18.2 Å². The van der Waals surface area contributed by atoms with Crippen molar-refractivity contribution in [1.82, 2.24) is 4.40 Å². The van der Waals surface area contributed by atoms with Crippen molar-refractivity contribution in [3.05, 3.63) is 90.3 Å². The third kappa shape index (κ3) is 3.81. The van der Waals surface area contributed by atoms with Crippen LogP contribution in [0.5, 0.6) is 11.5 Å². The van der Waals surface area contributed by atoms with Gasteiger partial charge >= 0.3 is 5.97 Å². The fourth-order valence-corrected chi connectivity index (χ4v) is 3.73. The lowest BCUT2D eigenvalue weighted by Gasteiger charge is -2.10. The number of para-hydroxylation sites is 1. The fraction of sp³-hybridized carbons (Fsp3) is 0.192. The van der Waals surface area contributed by atoms with Crippen LogP contribution in [0.1, 0.15) is 35.8 Å². The molecule has 0 atom stereocenters. The highest BCUT2D eigenvalue weighted by Crippen LogP contribution is 2.42. The van der Waals surface area contributed by atoms with Gasteiger partial charge < -0.3 is 13.9 Å². The molecule has 0 saturated heterocycles. The number of benzene rings is 2. The number of aryl methyl sites for hydroxylation is 1. The van der Waals surface area contributed by atoms with Gasteiger partial charge in [0.15, 0.2) is 5.75 Å². The molecule has 2 aromatic heterocycles. The normalized spacial score (nSPS) is 10.9. The van der Waals surface area contributed by atoms with E-state index < -0.39 is 0 Å². The van der Waals surface area contributed by atoms with Gasteiger partial charge in [-0.2, -0.15) is 0 Å². The molecule has 0 aliphatic carbocycles. The van der Waals surface area contributed by atoms with Crippen molar-refractivity contribution < 1.29 is 14.3 Å². The van der Waals surface area contributed by atoms with Crippen LogP contribution in [0.3, 0.4) is 0 Å². The molecule has 0 radical (unpaired) electrons. The van der Waals surface area contributed by atoms with Crippen LogP contribution in [0.2, 0.25) is 0 Å². The van der Waals surface area contributed by atoms with Gasteiger partial charge in [-0.3, -0.25) is 0 Å². The molecule has 4 heteroatoms. The molecule has 0 fully saturated rings. The van der Waals surface area contributed by atoms with Crippen molar-refractivity contribution in [1.29, 1.82) is 0 Å². The van der Waals surface area contributed by atoms with Gasteiger partial charge in [-0.1, -0.05) is 49.7 Å². The van der Waals surface area contributed by atoms with E-state index in [1.165, 1.54) is 12.8 Å². The van der Waals surface area contributed by atoms with E-state index in [-0.39, 0.29) is 5.97 Å². The van der Waals surface area contributed by atoms with Crippen LogP contribution in [-0.2, 0) is 11.2 Å². The number of unbranched alkanes of at least 4 members (excludes halogenated alkanes) is 1. The Bertz CT molecular complexity index is 1140. The number of carbonyl (C=O) groups excluding carboxylic acids is 1. The van der Waals surface area contributed by atoms with Crippen molar-refractivity contribution in [2.75, 3.05) is 7.11 Å². The van der Waals surface area contributed by atoms with E-state index in [4.69, 9.17) is 9.47 Å². The number of methoxy groups -OCH3 is 1. The Kier molecular flexibility index (Phi) is 5.84. The average Bonchev–Trinajstić information content (AvgIpc) is 3.11. The molecule has 0 spiro atoms. The first-order valence-corrected chi connectivity index (χ1v) is 10.3. The number of nitrogens with zero attached hydrogens (tertiary/aromatic N) is 1. The van der Waals surface area contributed by atoms with Gasteiger partial charge in [-0.05, 0) is 54.8 Å². The second-order valence-corrected chi connectivity index (χ2v) is 7.19. The summed E-state index contributed by atoms with van der Waals surface area (Å²) in [6.07, 6.45) is 5.22. The molecule has 152 valence electrons. The third-order valence-corrected chi connectivity index (χ3v) is 5.22. The van der Waals surface area contributed by atoms with E-state index in [0.717, 1.165) is 47.4 Å². The number of pyridine rings is 1. The minimum Gasteiger partial charge on any atom is -0.465 e. The SMILES string of the molecule is CCCCc1c(-c2ccc(C(=O)OC)cc2)c(Oc2ccccc2)c2ccccn12. The minimum atomic E-state index is -0.337. The first kappa shape index (κ1) is 19.8. The Labute approximate surface area is 176 Å². The van der Waals surface area contributed by atoms with Crippen molar-refractivity contribution in [2.45, 2.75) is 26.2 Å². The monoisotopic (exact) mass is 399 g/mol. The zero-order valence-electron chi connectivity index (χ0n) is 17.3. The van der Waals surface area contributed by atoms with Crippen molar-refractivity contribution in [3.8, 4) is 22.6 Å². The summed E-state index contributed by atoms with van der Waals surface area (Å²) in [5.74, 6) is 1.29. The summed E-state index contributed by atoms with van der Waals surface area (Å²) in [6, 6.07) is 23.5. The third-order valence-electron chi connectivity index (χ3n) is 5.22. The number of esters is 1. The summed E-state index contributed by atoms with van der Waals surface area (Å²) in [6.45, 7) is 2.20. The summed E-state index contributed by atoms with van der Waals surface area (Å²) < 4.78 is 13.5. The molecule has 0 aliphatic rings. The van der Waals surface area contributed by atoms with Gasteiger partial charge in [0.2, 0.25) is 0 Å². The van der Waals surface area contributed by atoms with Crippen LogP contribution in [0, 0.1) is 0 Å². The molecule has 0 bridgehead atoms.